The van der Waals surface area contributed by atoms with Crippen LogP contribution < -0.4 is 5.19 Å². The van der Waals surface area contributed by atoms with E-state index < -0.39 is 0 Å². The molecule has 1 aromatic rings. The van der Waals surface area contributed by atoms with Crippen molar-refractivity contribution in [3.63, 3.8) is 0 Å². The van der Waals surface area contributed by atoms with Crippen LogP contribution in [0.2, 0.25) is 6.04 Å². The third kappa shape index (κ3) is 4.39. The molecule has 0 heterocycles. The Labute approximate surface area is 101 Å². The van der Waals surface area contributed by atoms with Gasteiger partial charge in [0.05, 0.1) is 9.52 Å². The second kappa shape index (κ2) is 6.34. The van der Waals surface area contributed by atoms with Gasteiger partial charge in [0, 0.05) is 5.38 Å². The van der Waals surface area contributed by atoms with E-state index in [1.54, 1.807) is 5.19 Å². The van der Waals surface area contributed by atoms with Crippen molar-refractivity contribution in [2.24, 2.45) is 0 Å². The Morgan fingerprint density at radius 3 is 2.07 bits per heavy atom. The monoisotopic (exact) mass is 240 g/mol. The van der Waals surface area contributed by atoms with Crippen LogP contribution in [0.15, 0.2) is 18.2 Å². The van der Waals surface area contributed by atoms with E-state index in [4.69, 9.17) is 11.6 Å². The largest absolute Gasteiger partial charge is 0.124 e. The molecule has 1 unspecified atom stereocenters. The summed E-state index contributed by atoms with van der Waals surface area (Å²) >= 11 is 6.01. The minimum atomic E-state index is -0.152. The lowest BCUT2D eigenvalue weighted by Crippen LogP contribution is -2.17. The van der Waals surface area contributed by atoms with Crippen LogP contribution in [0.4, 0.5) is 0 Å². The first-order valence-corrected chi connectivity index (χ1v) is 8.05. The Kier molecular flexibility index (Phi) is 5.41. The molecule has 0 saturated carbocycles. The van der Waals surface area contributed by atoms with Crippen LogP contribution >= 0.6 is 11.6 Å². The summed E-state index contributed by atoms with van der Waals surface area (Å²) in [5.74, 6) is 0. The molecule has 1 aromatic carbocycles. The summed E-state index contributed by atoms with van der Waals surface area (Å²) in [6, 6.07) is 8.30. The average Bonchev–Trinajstić information content (AvgIpc) is 2.25. The number of benzene rings is 1. The summed E-state index contributed by atoms with van der Waals surface area (Å²) in [4.78, 5) is 0. The van der Waals surface area contributed by atoms with Gasteiger partial charge >= 0.3 is 0 Å². The van der Waals surface area contributed by atoms with Crippen LogP contribution in [0.5, 0.6) is 0 Å². The highest BCUT2D eigenvalue weighted by Crippen LogP contribution is 2.06. The van der Waals surface area contributed by atoms with Gasteiger partial charge in [-0.25, -0.2) is 0 Å². The maximum atomic E-state index is 6.01. The number of hydrogen-bond acceptors (Lipinski definition) is 0. The summed E-state index contributed by atoms with van der Waals surface area (Å²) in [5.41, 5.74) is 2.97. The van der Waals surface area contributed by atoms with Crippen molar-refractivity contribution in [2.45, 2.75) is 45.0 Å². The predicted octanol–water partition coefficient (Wildman–Crippen LogP) is 2.65. The third-order valence-corrected chi connectivity index (χ3v) is 5.48. The van der Waals surface area contributed by atoms with E-state index in [0.717, 1.165) is 12.8 Å². The Morgan fingerprint density at radius 2 is 1.67 bits per heavy atom. The van der Waals surface area contributed by atoms with Crippen molar-refractivity contribution in [1.29, 1.82) is 0 Å². The smallest absolute Gasteiger partial charge is 0.0562 e. The molecule has 0 fully saturated rings. The minimum Gasteiger partial charge on any atom is -0.124 e. The van der Waals surface area contributed by atoms with Crippen LogP contribution in [-0.2, 0) is 12.8 Å². The van der Waals surface area contributed by atoms with Gasteiger partial charge in [-0.3, -0.25) is 0 Å². The van der Waals surface area contributed by atoms with Crippen molar-refractivity contribution < 1.29 is 0 Å². The summed E-state index contributed by atoms with van der Waals surface area (Å²) in [6.07, 6.45) is 2.29. The van der Waals surface area contributed by atoms with Gasteiger partial charge in [-0.2, -0.15) is 0 Å². The molecule has 0 aliphatic rings. The Hall–Kier alpha value is -0.273. The minimum absolute atomic E-state index is 0.152. The fraction of sp³-hybridized carbons (Fsp3) is 0.538. The van der Waals surface area contributed by atoms with Gasteiger partial charge in [0.1, 0.15) is 0 Å². The third-order valence-electron chi connectivity index (χ3n) is 2.76. The number of aryl methyl sites for hydroxylation is 2. The molecule has 0 amide bonds. The molecule has 2 heteroatoms. The number of rotatable bonds is 5. The van der Waals surface area contributed by atoms with Gasteiger partial charge in [0.25, 0.3) is 0 Å². The molecular formula is C13H21ClSi. The molecule has 0 aromatic heterocycles. The number of alkyl halides is 1. The maximum Gasteiger partial charge on any atom is 0.0562 e. The van der Waals surface area contributed by atoms with Gasteiger partial charge in [0.2, 0.25) is 0 Å². The summed E-state index contributed by atoms with van der Waals surface area (Å²) in [6.45, 7) is 6.55. The molecule has 1 rings (SSSR count). The molecule has 0 aliphatic carbocycles. The van der Waals surface area contributed by atoms with E-state index in [1.807, 2.05) is 0 Å². The van der Waals surface area contributed by atoms with Gasteiger partial charge in [-0.1, -0.05) is 37.2 Å². The Morgan fingerprint density at radius 1 is 1.13 bits per heavy atom. The zero-order valence-electron chi connectivity index (χ0n) is 10.0. The SMILES string of the molecule is CCc1cc(CC)cc([SiH2]CC(C)Cl)c1. The van der Waals surface area contributed by atoms with Crippen molar-refractivity contribution in [3.8, 4) is 0 Å². The Bertz CT molecular complexity index is 285. The molecule has 0 nitrogen and oxygen atoms in total. The molecule has 0 bridgehead atoms. The molecule has 0 spiro atoms. The highest BCUT2D eigenvalue weighted by molar-refractivity contribution is 6.54. The molecule has 0 radical (unpaired) electrons. The predicted molar refractivity (Wildman–Crippen MR) is 73.5 cm³/mol. The van der Waals surface area contributed by atoms with Crippen LogP contribution in [0.3, 0.4) is 0 Å². The van der Waals surface area contributed by atoms with Gasteiger partial charge in [-0.05, 0) is 36.9 Å². The van der Waals surface area contributed by atoms with E-state index in [-0.39, 0.29) is 9.52 Å². The van der Waals surface area contributed by atoms with Gasteiger partial charge < -0.3 is 0 Å². The Balaban J connectivity index is 2.77. The van der Waals surface area contributed by atoms with E-state index in [1.165, 1.54) is 17.2 Å². The second-order valence-electron chi connectivity index (χ2n) is 4.18. The fourth-order valence-electron chi connectivity index (χ4n) is 1.76. The highest BCUT2D eigenvalue weighted by atomic mass is 35.5. The van der Waals surface area contributed by atoms with Gasteiger partial charge in [-0.15, -0.1) is 11.6 Å². The van der Waals surface area contributed by atoms with E-state index in [2.05, 4.69) is 39.0 Å². The second-order valence-corrected chi connectivity index (χ2v) is 6.82. The number of halogens is 1. The van der Waals surface area contributed by atoms with Crippen LogP contribution in [-0.4, -0.2) is 14.9 Å². The molecule has 0 N–H and O–H groups in total. The first kappa shape index (κ1) is 12.8. The van der Waals surface area contributed by atoms with Crippen molar-refractivity contribution in [1.82, 2.24) is 0 Å². The summed E-state index contributed by atoms with van der Waals surface area (Å²) in [7, 11) is -0.152. The molecular weight excluding hydrogens is 220 g/mol. The lowest BCUT2D eigenvalue weighted by molar-refractivity contribution is 1.08. The topological polar surface area (TPSA) is 0 Å². The van der Waals surface area contributed by atoms with Crippen LogP contribution in [0, 0.1) is 0 Å². The van der Waals surface area contributed by atoms with E-state index in [9.17, 15) is 0 Å². The average molecular weight is 241 g/mol. The lowest BCUT2D eigenvalue weighted by atomic mass is 10.1. The number of hydrogen-bond donors (Lipinski definition) is 0. The van der Waals surface area contributed by atoms with E-state index in [0.29, 0.717) is 5.38 Å². The zero-order chi connectivity index (χ0) is 11.3. The first-order chi connectivity index (χ1) is 7.15. The lowest BCUT2D eigenvalue weighted by Gasteiger charge is -2.08. The zero-order valence-corrected chi connectivity index (χ0v) is 12.2. The molecule has 0 saturated heterocycles. The van der Waals surface area contributed by atoms with Gasteiger partial charge in [0.15, 0.2) is 0 Å². The van der Waals surface area contributed by atoms with E-state index >= 15 is 0 Å². The highest BCUT2D eigenvalue weighted by Gasteiger charge is 2.02. The summed E-state index contributed by atoms with van der Waals surface area (Å²) < 4.78 is 0. The van der Waals surface area contributed by atoms with Crippen LogP contribution in [0.25, 0.3) is 0 Å². The molecule has 0 aliphatic heterocycles. The van der Waals surface area contributed by atoms with Crippen molar-refractivity contribution >= 4 is 26.3 Å². The quantitative estimate of drug-likeness (QED) is 0.549. The van der Waals surface area contributed by atoms with Crippen molar-refractivity contribution in [2.75, 3.05) is 0 Å². The maximum absolute atomic E-state index is 6.01. The normalized spacial score (nSPS) is 13.6. The standard InChI is InChI=1S/C13H21ClSi/c1-4-11-6-12(5-2)8-13(7-11)15-9-10(3)14/h6-8,10H,4-5,9,15H2,1-3H3. The molecule has 1 atom stereocenters. The fourth-order valence-corrected chi connectivity index (χ4v) is 3.63. The summed E-state index contributed by atoms with van der Waals surface area (Å²) in [5, 5.41) is 1.92. The molecule has 84 valence electrons. The molecule has 15 heavy (non-hydrogen) atoms. The first-order valence-electron chi connectivity index (χ1n) is 5.91. The van der Waals surface area contributed by atoms with Crippen molar-refractivity contribution in [3.05, 3.63) is 29.3 Å². The van der Waals surface area contributed by atoms with Crippen LogP contribution in [0.1, 0.15) is 31.9 Å².